The number of halogens is 1. The number of hydrogen-bond donors (Lipinski definition) is 0. The van der Waals surface area contributed by atoms with Crippen molar-refractivity contribution in [3.8, 4) is 6.07 Å². The predicted molar refractivity (Wildman–Crippen MR) is 113 cm³/mol. The molecule has 4 heteroatoms. The highest BCUT2D eigenvalue weighted by atomic mass is 19.1. The Kier molecular flexibility index (Phi) is 8.95. The second-order valence-corrected chi connectivity index (χ2v) is 8.95. The highest BCUT2D eigenvalue weighted by Crippen LogP contribution is 2.38. The smallest absolute Gasteiger partial charge is 0.183 e. The Balaban J connectivity index is 1.35. The van der Waals surface area contributed by atoms with Gasteiger partial charge >= 0.3 is 0 Å². The number of benzene rings is 1. The van der Waals surface area contributed by atoms with Gasteiger partial charge in [0.05, 0.1) is 18.8 Å². The summed E-state index contributed by atoms with van der Waals surface area (Å²) in [4.78, 5) is 0. The Labute approximate surface area is 175 Å². The van der Waals surface area contributed by atoms with Crippen LogP contribution in [-0.4, -0.2) is 13.2 Å². The Hall–Kier alpha value is -1.44. The molecule has 1 saturated carbocycles. The summed E-state index contributed by atoms with van der Waals surface area (Å²) in [7, 11) is 0. The molecule has 160 valence electrons. The predicted octanol–water partition coefficient (Wildman–Crippen LogP) is 6.92. The molecule has 3 nitrogen and oxygen atoms in total. The third kappa shape index (κ3) is 6.52. The van der Waals surface area contributed by atoms with Crippen LogP contribution in [0.4, 0.5) is 4.39 Å². The second-order valence-electron chi connectivity index (χ2n) is 8.95. The van der Waals surface area contributed by atoms with Crippen LogP contribution in [-0.2, 0) is 9.47 Å². The van der Waals surface area contributed by atoms with E-state index in [1.165, 1.54) is 82.8 Å². The van der Waals surface area contributed by atoms with E-state index in [0.717, 1.165) is 5.92 Å². The summed E-state index contributed by atoms with van der Waals surface area (Å²) in [6, 6.07) is 6.42. The van der Waals surface area contributed by atoms with Crippen LogP contribution in [0.25, 0.3) is 0 Å². The van der Waals surface area contributed by atoms with Crippen LogP contribution in [0.2, 0.25) is 0 Å². The minimum atomic E-state index is -0.516. The van der Waals surface area contributed by atoms with E-state index in [1.807, 2.05) is 6.07 Å². The van der Waals surface area contributed by atoms with E-state index in [1.54, 1.807) is 6.07 Å². The van der Waals surface area contributed by atoms with E-state index in [9.17, 15) is 4.39 Å². The minimum Gasteiger partial charge on any atom is -0.348 e. The van der Waals surface area contributed by atoms with Crippen molar-refractivity contribution in [1.82, 2.24) is 0 Å². The summed E-state index contributed by atoms with van der Waals surface area (Å²) in [5.74, 6) is 1.54. The van der Waals surface area contributed by atoms with E-state index < -0.39 is 12.1 Å². The molecule has 2 aliphatic rings. The lowest BCUT2D eigenvalue weighted by Crippen LogP contribution is -2.34. The first-order chi connectivity index (χ1) is 14.2. The molecule has 0 bridgehead atoms. The van der Waals surface area contributed by atoms with Crippen molar-refractivity contribution in [3.05, 3.63) is 35.1 Å². The zero-order chi connectivity index (χ0) is 20.5. The van der Waals surface area contributed by atoms with Gasteiger partial charge in [-0.25, -0.2) is 4.39 Å². The van der Waals surface area contributed by atoms with Crippen molar-refractivity contribution in [2.24, 2.45) is 17.8 Å². The SMILES string of the molecule is CCCCCCCC[C@H]1CC[C@H](C2COC(c3ccc(C#N)c(F)c3)OC2)CC1. The standard InChI is InChI=1S/C25H36FNO2/c1-2-3-4-5-6-7-8-19-9-11-20(12-10-19)23-17-28-25(29-18-23)21-13-14-22(16-27)24(26)15-21/h13-15,19-20,23,25H,2-12,17-18H2,1H3/t19-,20-,23?,25?. The number of nitriles is 1. The summed E-state index contributed by atoms with van der Waals surface area (Å²) in [6.45, 7) is 3.63. The fraction of sp³-hybridized carbons (Fsp3) is 0.720. The van der Waals surface area contributed by atoms with Gasteiger partial charge in [0.15, 0.2) is 6.29 Å². The molecule has 1 aromatic rings. The molecule has 0 radical (unpaired) electrons. The zero-order valence-corrected chi connectivity index (χ0v) is 17.9. The summed E-state index contributed by atoms with van der Waals surface area (Å²) >= 11 is 0. The highest BCUT2D eigenvalue weighted by molar-refractivity contribution is 5.33. The van der Waals surface area contributed by atoms with Crippen LogP contribution in [0.1, 0.15) is 95.0 Å². The number of ether oxygens (including phenoxy) is 2. The van der Waals surface area contributed by atoms with Gasteiger partial charge in [-0.15, -0.1) is 0 Å². The maximum atomic E-state index is 13.8. The molecule has 0 spiro atoms. The minimum absolute atomic E-state index is 0.0557. The number of nitrogens with zero attached hydrogens (tertiary/aromatic N) is 1. The molecule has 3 rings (SSSR count). The maximum absolute atomic E-state index is 13.8. The Morgan fingerprint density at radius 1 is 0.966 bits per heavy atom. The summed E-state index contributed by atoms with van der Waals surface area (Å²) in [5, 5.41) is 8.86. The number of unbranched alkanes of at least 4 members (excludes halogenated alkanes) is 5. The summed E-state index contributed by atoms with van der Waals surface area (Å²) in [5.41, 5.74) is 0.711. The zero-order valence-electron chi connectivity index (χ0n) is 17.9. The lowest BCUT2D eigenvalue weighted by atomic mass is 9.74. The average molecular weight is 402 g/mol. The first-order valence-electron chi connectivity index (χ1n) is 11.6. The maximum Gasteiger partial charge on any atom is 0.183 e. The van der Waals surface area contributed by atoms with Crippen LogP contribution in [0.5, 0.6) is 0 Å². The second kappa shape index (κ2) is 11.7. The lowest BCUT2D eigenvalue weighted by Gasteiger charge is -2.38. The van der Waals surface area contributed by atoms with Gasteiger partial charge in [-0.05, 0) is 36.8 Å². The third-order valence-corrected chi connectivity index (χ3v) is 6.83. The van der Waals surface area contributed by atoms with Crippen molar-refractivity contribution < 1.29 is 13.9 Å². The van der Waals surface area contributed by atoms with Gasteiger partial charge in [0.1, 0.15) is 11.9 Å². The molecule has 29 heavy (non-hydrogen) atoms. The van der Waals surface area contributed by atoms with E-state index >= 15 is 0 Å². The molecule has 0 amide bonds. The van der Waals surface area contributed by atoms with Gasteiger partial charge in [-0.1, -0.05) is 70.8 Å². The molecule has 1 aliphatic carbocycles. The fourth-order valence-corrected chi connectivity index (χ4v) is 4.91. The van der Waals surface area contributed by atoms with Crippen molar-refractivity contribution in [1.29, 1.82) is 5.26 Å². The van der Waals surface area contributed by atoms with E-state index in [0.29, 0.717) is 30.6 Å². The molecule has 1 aliphatic heterocycles. The van der Waals surface area contributed by atoms with Gasteiger partial charge < -0.3 is 9.47 Å². The highest BCUT2D eigenvalue weighted by Gasteiger charge is 2.32. The number of hydrogen-bond acceptors (Lipinski definition) is 3. The molecular formula is C25H36FNO2. The van der Waals surface area contributed by atoms with Crippen LogP contribution in [0.15, 0.2) is 18.2 Å². The molecule has 1 saturated heterocycles. The van der Waals surface area contributed by atoms with Crippen LogP contribution in [0.3, 0.4) is 0 Å². The topological polar surface area (TPSA) is 42.2 Å². The average Bonchev–Trinajstić information content (AvgIpc) is 2.77. The van der Waals surface area contributed by atoms with Crippen molar-refractivity contribution in [2.45, 2.75) is 83.8 Å². The first kappa shape index (κ1) is 22.2. The van der Waals surface area contributed by atoms with Gasteiger partial charge in [-0.3, -0.25) is 0 Å². The quantitative estimate of drug-likeness (QED) is 0.422. The molecule has 1 aromatic carbocycles. The lowest BCUT2D eigenvalue weighted by molar-refractivity contribution is -0.214. The van der Waals surface area contributed by atoms with E-state index in [4.69, 9.17) is 14.7 Å². The number of rotatable bonds is 9. The van der Waals surface area contributed by atoms with Gasteiger partial charge in [-0.2, -0.15) is 5.26 Å². The summed E-state index contributed by atoms with van der Waals surface area (Å²) < 4.78 is 25.7. The largest absolute Gasteiger partial charge is 0.348 e. The van der Waals surface area contributed by atoms with Crippen molar-refractivity contribution in [3.63, 3.8) is 0 Å². The molecule has 0 unspecified atom stereocenters. The molecule has 0 atom stereocenters. The first-order valence-corrected chi connectivity index (χ1v) is 11.6. The Morgan fingerprint density at radius 3 is 2.31 bits per heavy atom. The molecular weight excluding hydrogens is 365 g/mol. The van der Waals surface area contributed by atoms with Crippen LogP contribution < -0.4 is 0 Å². The molecule has 2 fully saturated rings. The molecule has 1 heterocycles. The van der Waals surface area contributed by atoms with Crippen LogP contribution >= 0.6 is 0 Å². The third-order valence-electron chi connectivity index (χ3n) is 6.83. The van der Waals surface area contributed by atoms with Crippen molar-refractivity contribution >= 4 is 0 Å². The normalized spacial score (nSPS) is 27.5. The monoisotopic (exact) mass is 401 g/mol. The van der Waals surface area contributed by atoms with Gasteiger partial charge in [0.2, 0.25) is 0 Å². The van der Waals surface area contributed by atoms with Crippen molar-refractivity contribution in [2.75, 3.05) is 13.2 Å². The molecule has 0 N–H and O–H groups in total. The fourth-order valence-electron chi connectivity index (χ4n) is 4.91. The Bertz CT molecular complexity index is 655. The van der Waals surface area contributed by atoms with Gasteiger partial charge in [0.25, 0.3) is 0 Å². The van der Waals surface area contributed by atoms with E-state index in [-0.39, 0.29) is 5.56 Å². The van der Waals surface area contributed by atoms with Gasteiger partial charge in [0, 0.05) is 11.5 Å². The summed E-state index contributed by atoms with van der Waals surface area (Å²) in [6.07, 6.45) is 14.5. The van der Waals surface area contributed by atoms with E-state index in [2.05, 4.69) is 6.92 Å². The Morgan fingerprint density at radius 2 is 1.66 bits per heavy atom. The molecule has 0 aromatic heterocycles. The van der Waals surface area contributed by atoms with Crippen LogP contribution in [0, 0.1) is 34.9 Å².